The van der Waals surface area contributed by atoms with Crippen LogP contribution < -0.4 is 5.32 Å². The summed E-state index contributed by atoms with van der Waals surface area (Å²) in [7, 11) is 1.80. The fourth-order valence-corrected chi connectivity index (χ4v) is 1.07. The summed E-state index contributed by atoms with van der Waals surface area (Å²) in [5, 5.41) is 16.0. The Morgan fingerprint density at radius 3 is 2.88 bits per heavy atom. The Morgan fingerprint density at radius 1 is 1.69 bits per heavy atom. The molecule has 1 aromatic rings. The van der Waals surface area contributed by atoms with Crippen molar-refractivity contribution in [3.8, 4) is 0 Å². The lowest BCUT2D eigenvalue weighted by atomic mass is 10.1. The Balaban J connectivity index is 2.46. The largest absolute Gasteiger partial charge is 0.389 e. The molecule has 5 nitrogen and oxygen atoms in total. The van der Waals surface area contributed by atoms with E-state index in [0.717, 1.165) is 5.69 Å². The average Bonchev–Trinajstić information content (AvgIpc) is 2.57. The minimum Gasteiger partial charge on any atom is -0.389 e. The number of aryl methyl sites for hydroxylation is 1. The van der Waals surface area contributed by atoms with Crippen LogP contribution in [0.5, 0.6) is 0 Å². The maximum Gasteiger partial charge on any atom is 0.244 e. The topological polar surface area (TPSA) is 67.2 Å². The molecule has 1 rings (SSSR count). The number of nitrogens with one attached hydrogen (secondary N) is 1. The standard InChI is InChI=1S/C11H17N3O2/c1-11(2,16)8-12-10(15)5-4-9-6-7-13-14(9)3/h4-7,16H,8H2,1-3H3,(H,12,15). The van der Waals surface area contributed by atoms with Crippen molar-refractivity contribution in [2.45, 2.75) is 19.4 Å². The lowest BCUT2D eigenvalue weighted by Gasteiger charge is -2.16. The van der Waals surface area contributed by atoms with Gasteiger partial charge in [0.25, 0.3) is 0 Å². The second-order valence-corrected chi connectivity index (χ2v) is 4.24. The smallest absolute Gasteiger partial charge is 0.244 e. The zero-order chi connectivity index (χ0) is 12.2. The molecule has 5 heteroatoms. The molecular formula is C11H17N3O2. The van der Waals surface area contributed by atoms with Crippen LogP contribution >= 0.6 is 0 Å². The molecule has 0 atom stereocenters. The molecule has 0 aliphatic heterocycles. The number of aromatic nitrogens is 2. The number of nitrogens with zero attached hydrogens (tertiary/aromatic N) is 2. The van der Waals surface area contributed by atoms with Gasteiger partial charge in [-0.3, -0.25) is 9.48 Å². The van der Waals surface area contributed by atoms with Crippen LogP contribution in [0.4, 0.5) is 0 Å². The molecule has 0 spiro atoms. The fraction of sp³-hybridized carbons (Fsp3) is 0.455. The SMILES string of the molecule is Cn1nccc1C=CC(=O)NCC(C)(C)O. The van der Waals surface area contributed by atoms with Crippen LogP contribution in [-0.4, -0.2) is 32.9 Å². The lowest BCUT2D eigenvalue weighted by molar-refractivity contribution is -0.117. The van der Waals surface area contributed by atoms with Crippen molar-refractivity contribution in [3.63, 3.8) is 0 Å². The fourth-order valence-electron chi connectivity index (χ4n) is 1.07. The molecule has 0 unspecified atom stereocenters. The first-order valence-electron chi connectivity index (χ1n) is 5.05. The molecule has 0 saturated carbocycles. The van der Waals surface area contributed by atoms with E-state index < -0.39 is 5.60 Å². The van der Waals surface area contributed by atoms with Crippen LogP contribution in [0.15, 0.2) is 18.3 Å². The first kappa shape index (κ1) is 12.4. The molecule has 0 saturated heterocycles. The molecule has 16 heavy (non-hydrogen) atoms. The normalized spacial score (nSPS) is 12.0. The van der Waals surface area contributed by atoms with Gasteiger partial charge in [0.05, 0.1) is 11.3 Å². The van der Waals surface area contributed by atoms with Crippen molar-refractivity contribution < 1.29 is 9.90 Å². The molecule has 2 N–H and O–H groups in total. The summed E-state index contributed by atoms with van der Waals surface area (Å²) in [6, 6.07) is 1.81. The third-order valence-electron chi connectivity index (χ3n) is 1.96. The van der Waals surface area contributed by atoms with Crippen molar-refractivity contribution >= 4 is 12.0 Å². The predicted molar refractivity (Wildman–Crippen MR) is 61.5 cm³/mol. The molecule has 1 aromatic heterocycles. The number of aliphatic hydroxyl groups is 1. The van der Waals surface area contributed by atoms with Gasteiger partial charge in [-0.25, -0.2) is 0 Å². The van der Waals surface area contributed by atoms with Gasteiger partial charge in [-0.2, -0.15) is 5.10 Å². The Hall–Kier alpha value is -1.62. The highest BCUT2D eigenvalue weighted by atomic mass is 16.3. The maximum atomic E-state index is 11.4. The number of hydrogen-bond donors (Lipinski definition) is 2. The Kier molecular flexibility index (Phi) is 3.84. The summed E-state index contributed by atoms with van der Waals surface area (Å²) in [5.41, 5.74) is -0.0471. The highest BCUT2D eigenvalue weighted by Crippen LogP contribution is 2.00. The Morgan fingerprint density at radius 2 is 2.38 bits per heavy atom. The molecule has 0 radical (unpaired) electrons. The van der Waals surface area contributed by atoms with Crippen LogP contribution in [0.2, 0.25) is 0 Å². The highest BCUT2D eigenvalue weighted by molar-refractivity contribution is 5.91. The summed E-state index contributed by atoms with van der Waals surface area (Å²) in [5.74, 6) is -0.233. The minimum atomic E-state index is -0.893. The monoisotopic (exact) mass is 223 g/mol. The molecule has 1 amide bonds. The van der Waals surface area contributed by atoms with Gasteiger partial charge in [0, 0.05) is 25.9 Å². The quantitative estimate of drug-likeness (QED) is 0.722. The van der Waals surface area contributed by atoms with E-state index in [1.165, 1.54) is 6.08 Å². The van der Waals surface area contributed by atoms with Crippen LogP contribution in [0.3, 0.4) is 0 Å². The van der Waals surface area contributed by atoms with Crippen molar-refractivity contribution in [2.24, 2.45) is 7.05 Å². The first-order chi connectivity index (χ1) is 7.38. The van der Waals surface area contributed by atoms with Crippen LogP contribution in [0.25, 0.3) is 6.08 Å². The summed E-state index contributed by atoms with van der Waals surface area (Å²) in [6.45, 7) is 3.50. The molecule has 0 aliphatic rings. The van der Waals surface area contributed by atoms with E-state index in [4.69, 9.17) is 0 Å². The highest BCUT2D eigenvalue weighted by Gasteiger charge is 2.12. The third-order valence-corrected chi connectivity index (χ3v) is 1.96. The molecule has 88 valence electrons. The molecule has 1 heterocycles. The van der Waals surface area contributed by atoms with Crippen molar-refractivity contribution in [2.75, 3.05) is 6.54 Å². The molecule has 0 fully saturated rings. The summed E-state index contributed by atoms with van der Waals surface area (Å²) < 4.78 is 1.67. The van der Waals surface area contributed by atoms with E-state index in [-0.39, 0.29) is 12.5 Å². The number of amides is 1. The van der Waals surface area contributed by atoms with E-state index >= 15 is 0 Å². The van der Waals surface area contributed by atoms with Crippen molar-refractivity contribution in [1.29, 1.82) is 0 Å². The Labute approximate surface area is 94.8 Å². The van der Waals surface area contributed by atoms with E-state index in [1.807, 2.05) is 0 Å². The number of hydrogen-bond acceptors (Lipinski definition) is 3. The van der Waals surface area contributed by atoms with Crippen LogP contribution in [0, 0.1) is 0 Å². The van der Waals surface area contributed by atoms with Gasteiger partial charge in [-0.05, 0) is 26.0 Å². The molecule has 0 bridgehead atoms. The van der Waals surface area contributed by atoms with Crippen LogP contribution in [-0.2, 0) is 11.8 Å². The van der Waals surface area contributed by atoms with Gasteiger partial charge in [0.2, 0.25) is 5.91 Å². The van der Waals surface area contributed by atoms with Gasteiger partial charge in [0.1, 0.15) is 0 Å². The summed E-state index contributed by atoms with van der Waals surface area (Å²) in [4.78, 5) is 11.4. The maximum absolute atomic E-state index is 11.4. The van der Waals surface area contributed by atoms with E-state index in [0.29, 0.717) is 0 Å². The van der Waals surface area contributed by atoms with Gasteiger partial charge in [0.15, 0.2) is 0 Å². The number of carbonyl (C=O) groups excluding carboxylic acids is 1. The average molecular weight is 223 g/mol. The zero-order valence-electron chi connectivity index (χ0n) is 9.77. The second-order valence-electron chi connectivity index (χ2n) is 4.24. The third kappa shape index (κ3) is 4.27. The number of carbonyl (C=O) groups is 1. The second kappa shape index (κ2) is 4.94. The van der Waals surface area contributed by atoms with Crippen molar-refractivity contribution in [1.82, 2.24) is 15.1 Å². The van der Waals surface area contributed by atoms with Gasteiger partial charge in [-0.1, -0.05) is 0 Å². The lowest BCUT2D eigenvalue weighted by Crippen LogP contribution is -2.37. The molecule has 0 aliphatic carbocycles. The number of rotatable bonds is 4. The summed E-state index contributed by atoms with van der Waals surface area (Å²) >= 11 is 0. The predicted octanol–water partition coefficient (Wildman–Crippen LogP) is 0.320. The van der Waals surface area contributed by atoms with E-state index in [9.17, 15) is 9.90 Å². The van der Waals surface area contributed by atoms with Crippen molar-refractivity contribution in [3.05, 3.63) is 24.0 Å². The van der Waals surface area contributed by atoms with E-state index in [2.05, 4.69) is 10.4 Å². The minimum absolute atomic E-state index is 0.224. The van der Waals surface area contributed by atoms with Gasteiger partial charge in [-0.15, -0.1) is 0 Å². The van der Waals surface area contributed by atoms with Gasteiger partial charge < -0.3 is 10.4 Å². The molecular weight excluding hydrogens is 206 g/mol. The Bertz CT molecular complexity index is 388. The molecule has 0 aromatic carbocycles. The first-order valence-corrected chi connectivity index (χ1v) is 5.05. The summed E-state index contributed by atoms with van der Waals surface area (Å²) in [6.07, 6.45) is 4.75. The zero-order valence-corrected chi connectivity index (χ0v) is 9.77. The van der Waals surface area contributed by atoms with E-state index in [1.54, 1.807) is 43.9 Å². The van der Waals surface area contributed by atoms with Crippen LogP contribution in [0.1, 0.15) is 19.5 Å². The van der Waals surface area contributed by atoms with Gasteiger partial charge >= 0.3 is 0 Å².